The highest BCUT2D eigenvalue weighted by Gasteiger charge is 2.17. The maximum absolute atomic E-state index is 10.2. The van der Waals surface area contributed by atoms with Crippen molar-refractivity contribution < 1.29 is 19.7 Å². The zero-order valence-electron chi connectivity index (χ0n) is 15.4. The summed E-state index contributed by atoms with van der Waals surface area (Å²) in [6.07, 6.45) is 1.54. The molecule has 0 aliphatic carbocycles. The monoisotopic (exact) mass is 373 g/mol. The van der Waals surface area contributed by atoms with Gasteiger partial charge in [-0.15, -0.1) is 0 Å². The molecule has 2 rings (SSSR count). The topological polar surface area (TPSA) is 89.6 Å². The molecule has 0 bridgehead atoms. The van der Waals surface area contributed by atoms with Crippen molar-refractivity contribution in [3.05, 3.63) is 23.2 Å². The first-order valence-corrected chi connectivity index (χ1v) is 8.76. The molecule has 0 fully saturated rings. The second-order valence-corrected chi connectivity index (χ2v) is 5.87. The predicted octanol–water partition coefficient (Wildman–Crippen LogP) is 2.54. The summed E-state index contributed by atoms with van der Waals surface area (Å²) in [6.45, 7) is 8.05. The number of halogens is 1. The fraction of sp³-hybridized carbons (Fsp3) is 0.647. The van der Waals surface area contributed by atoms with Crippen LogP contribution in [0.4, 0.5) is 0 Å². The van der Waals surface area contributed by atoms with E-state index in [0.29, 0.717) is 17.3 Å². The van der Waals surface area contributed by atoms with Crippen LogP contribution in [0.25, 0.3) is 11.0 Å². The molecular formula is C17H28ClN3O4. The Morgan fingerprint density at radius 3 is 2.56 bits per heavy atom. The van der Waals surface area contributed by atoms with Gasteiger partial charge in [-0.05, 0) is 19.4 Å². The number of aliphatic hydroxyl groups excluding tert-OH is 2. The lowest BCUT2D eigenvalue weighted by molar-refractivity contribution is -0.133. The molecule has 7 nitrogen and oxygen atoms in total. The summed E-state index contributed by atoms with van der Waals surface area (Å²) >= 11 is 6.09. The van der Waals surface area contributed by atoms with Crippen molar-refractivity contribution in [2.75, 3.05) is 13.7 Å². The van der Waals surface area contributed by atoms with Crippen molar-refractivity contribution in [2.24, 2.45) is 0 Å². The van der Waals surface area contributed by atoms with Crippen LogP contribution in [0.1, 0.15) is 32.8 Å². The normalized spacial score (nSPS) is 14.7. The molecule has 0 aliphatic heterocycles. The van der Waals surface area contributed by atoms with Gasteiger partial charge < -0.3 is 24.3 Å². The van der Waals surface area contributed by atoms with Crippen molar-refractivity contribution in [3.8, 4) is 0 Å². The molecule has 0 radical (unpaired) electrons. The van der Waals surface area contributed by atoms with E-state index >= 15 is 0 Å². The van der Waals surface area contributed by atoms with E-state index in [0.717, 1.165) is 10.9 Å². The number of fused-ring (bicyclic) bond motifs is 1. The van der Waals surface area contributed by atoms with Crippen LogP contribution in [-0.4, -0.2) is 57.0 Å². The quantitative estimate of drug-likeness (QED) is 0.546. The van der Waals surface area contributed by atoms with Crippen LogP contribution in [0, 0.1) is 6.92 Å². The number of ether oxygens (including phenoxy) is 2. The molecule has 2 N–H and O–H groups in total. The molecule has 3 atom stereocenters. The van der Waals surface area contributed by atoms with Crippen molar-refractivity contribution >= 4 is 22.6 Å². The number of hydrogen-bond donors (Lipinski definition) is 2. The third kappa shape index (κ3) is 6.20. The summed E-state index contributed by atoms with van der Waals surface area (Å²) in [7, 11) is 1.53. The molecule has 25 heavy (non-hydrogen) atoms. The second kappa shape index (κ2) is 10.7. The highest BCUT2D eigenvalue weighted by Crippen LogP contribution is 2.25. The molecule has 3 unspecified atom stereocenters. The Morgan fingerprint density at radius 1 is 1.24 bits per heavy atom. The Labute approximate surface area is 153 Å². The van der Waals surface area contributed by atoms with Gasteiger partial charge in [-0.3, -0.25) is 0 Å². The summed E-state index contributed by atoms with van der Waals surface area (Å²) in [6, 6.07) is 0. The highest BCUT2D eigenvalue weighted by atomic mass is 35.5. The molecule has 8 heteroatoms. The minimum absolute atomic E-state index is 0.103. The molecule has 2 aromatic heterocycles. The Balaban J connectivity index is 0.00000151. The molecule has 0 saturated carbocycles. The van der Waals surface area contributed by atoms with Gasteiger partial charge in [0.15, 0.2) is 6.29 Å². The highest BCUT2D eigenvalue weighted by molar-refractivity contribution is 6.34. The number of nitrogens with zero attached hydrogens (tertiary/aromatic N) is 3. The Kier molecular flexibility index (Phi) is 9.31. The first kappa shape index (κ1) is 21.8. The number of methoxy groups -OCH3 is 1. The van der Waals surface area contributed by atoms with Crippen molar-refractivity contribution in [1.82, 2.24) is 14.5 Å². The lowest BCUT2D eigenvalue weighted by Gasteiger charge is -2.18. The maximum atomic E-state index is 10.2. The van der Waals surface area contributed by atoms with Crippen LogP contribution in [0.15, 0.2) is 12.5 Å². The number of aromatic nitrogens is 3. The molecule has 142 valence electrons. The van der Waals surface area contributed by atoms with Gasteiger partial charge in [0.1, 0.15) is 17.1 Å². The van der Waals surface area contributed by atoms with Crippen LogP contribution in [0.2, 0.25) is 5.15 Å². The fourth-order valence-electron chi connectivity index (χ4n) is 2.41. The van der Waals surface area contributed by atoms with Gasteiger partial charge in [-0.25, -0.2) is 9.97 Å². The van der Waals surface area contributed by atoms with Crippen molar-refractivity contribution in [2.45, 2.75) is 59.2 Å². The van der Waals surface area contributed by atoms with Gasteiger partial charge in [0.2, 0.25) is 0 Å². The molecular weight excluding hydrogens is 346 g/mol. The minimum Gasteiger partial charge on any atom is -0.391 e. The molecule has 0 amide bonds. The summed E-state index contributed by atoms with van der Waals surface area (Å²) in [5.41, 5.74) is 1.61. The van der Waals surface area contributed by atoms with Gasteiger partial charge in [0.25, 0.3) is 0 Å². The van der Waals surface area contributed by atoms with E-state index in [1.54, 1.807) is 6.92 Å². The van der Waals surface area contributed by atoms with Gasteiger partial charge in [-0.1, -0.05) is 25.4 Å². The van der Waals surface area contributed by atoms with E-state index in [-0.39, 0.29) is 13.0 Å². The molecule has 2 heterocycles. The van der Waals surface area contributed by atoms with Crippen LogP contribution in [0.5, 0.6) is 0 Å². The summed E-state index contributed by atoms with van der Waals surface area (Å²) in [4.78, 5) is 8.19. The largest absolute Gasteiger partial charge is 0.391 e. The molecule has 0 spiro atoms. The van der Waals surface area contributed by atoms with Gasteiger partial charge in [0, 0.05) is 19.7 Å². The molecule has 0 aromatic carbocycles. The zero-order valence-corrected chi connectivity index (χ0v) is 16.2. The van der Waals surface area contributed by atoms with E-state index in [1.807, 2.05) is 31.5 Å². The third-order valence-electron chi connectivity index (χ3n) is 3.60. The first-order valence-electron chi connectivity index (χ1n) is 8.38. The third-order valence-corrected chi connectivity index (χ3v) is 3.89. The van der Waals surface area contributed by atoms with Gasteiger partial charge >= 0.3 is 0 Å². The van der Waals surface area contributed by atoms with Crippen molar-refractivity contribution in [3.63, 3.8) is 0 Å². The Bertz CT molecular complexity index is 650. The fourth-order valence-corrected chi connectivity index (χ4v) is 2.69. The van der Waals surface area contributed by atoms with Gasteiger partial charge in [0.05, 0.1) is 30.7 Å². The standard InChI is InChI=1S/C15H22ClN3O4.C2H6/c1-9-5-19(15-13(9)14(16)17-8-18-15)6-11(20)4-12(21)7-23-10(2)22-3;1-2/h5,8,10-12,20-21H,4,6-7H2,1-3H3;1-2H3. The smallest absolute Gasteiger partial charge is 0.154 e. The summed E-state index contributed by atoms with van der Waals surface area (Å²) < 4.78 is 12.0. The SMILES string of the molecule is CC.COC(C)OCC(O)CC(O)Cn1cc(C)c2c(Cl)ncnc21. The lowest BCUT2D eigenvalue weighted by atomic mass is 10.1. The first-order chi connectivity index (χ1) is 11.9. The van der Waals surface area contributed by atoms with E-state index < -0.39 is 18.5 Å². The maximum Gasteiger partial charge on any atom is 0.154 e. The molecule has 0 saturated heterocycles. The lowest BCUT2D eigenvalue weighted by Crippen LogP contribution is -2.27. The second-order valence-electron chi connectivity index (χ2n) is 5.51. The van der Waals surface area contributed by atoms with Crippen LogP contribution >= 0.6 is 11.6 Å². The number of hydrogen-bond acceptors (Lipinski definition) is 6. The summed E-state index contributed by atoms with van der Waals surface area (Å²) in [5.74, 6) is 0. The Hall–Kier alpha value is -1.25. The zero-order chi connectivity index (χ0) is 19.0. The van der Waals surface area contributed by atoms with Crippen LogP contribution in [0.3, 0.4) is 0 Å². The number of rotatable bonds is 8. The van der Waals surface area contributed by atoms with Gasteiger partial charge in [-0.2, -0.15) is 0 Å². The van der Waals surface area contributed by atoms with Crippen LogP contribution in [-0.2, 0) is 16.0 Å². The number of aliphatic hydroxyl groups is 2. The van der Waals surface area contributed by atoms with E-state index in [1.165, 1.54) is 13.4 Å². The van der Waals surface area contributed by atoms with Crippen LogP contribution < -0.4 is 0 Å². The Morgan fingerprint density at radius 2 is 1.92 bits per heavy atom. The van der Waals surface area contributed by atoms with E-state index in [2.05, 4.69) is 9.97 Å². The average molecular weight is 374 g/mol. The average Bonchev–Trinajstić information content (AvgIpc) is 2.91. The summed E-state index contributed by atoms with van der Waals surface area (Å²) in [5, 5.41) is 21.3. The minimum atomic E-state index is -0.774. The van der Waals surface area contributed by atoms with Crippen molar-refractivity contribution in [1.29, 1.82) is 0 Å². The number of aryl methyl sites for hydroxylation is 1. The molecule has 0 aliphatic rings. The predicted molar refractivity (Wildman–Crippen MR) is 97.7 cm³/mol. The molecule has 2 aromatic rings. The van der Waals surface area contributed by atoms with E-state index in [4.69, 9.17) is 21.1 Å². The van der Waals surface area contributed by atoms with E-state index in [9.17, 15) is 10.2 Å².